The van der Waals surface area contributed by atoms with Crippen LogP contribution < -0.4 is 11.1 Å². The molecule has 2 aromatic rings. The topological polar surface area (TPSA) is 123 Å². The summed E-state index contributed by atoms with van der Waals surface area (Å²) in [6.45, 7) is -2.70. The minimum Gasteiger partial charge on any atom is -0.383 e. The third-order valence-electron chi connectivity index (χ3n) is 3.90. The van der Waals surface area contributed by atoms with Gasteiger partial charge in [0.25, 0.3) is 15.9 Å². The maximum Gasteiger partial charge on any atom is 0.402 e. The largest absolute Gasteiger partial charge is 0.402 e. The molecule has 0 aliphatic heterocycles. The van der Waals surface area contributed by atoms with Crippen LogP contribution in [-0.4, -0.2) is 57.5 Å². The third-order valence-corrected chi connectivity index (χ3v) is 7.28. The molecule has 0 aliphatic carbocycles. The number of benzene rings is 1. The van der Waals surface area contributed by atoms with E-state index in [0.29, 0.717) is 11.3 Å². The number of sulfonamides is 1. The van der Waals surface area contributed by atoms with Crippen molar-refractivity contribution in [3.63, 3.8) is 0 Å². The van der Waals surface area contributed by atoms with Crippen molar-refractivity contribution in [2.24, 2.45) is 5.73 Å². The van der Waals surface area contributed by atoms with Gasteiger partial charge in [0.2, 0.25) is 5.00 Å². The Balaban J connectivity index is 2.44. The van der Waals surface area contributed by atoms with Gasteiger partial charge in [-0.25, -0.2) is 22.9 Å². The maximum atomic E-state index is 13.8. The first-order chi connectivity index (χ1) is 14.4. The van der Waals surface area contributed by atoms with E-state index < -0.39 is 56.7 Å². The summed E-state index contributed by atoms with van der Waals surface area (Å²) in [5.74, 6) is -2.83. The fourth-order valence-corrected chi connectivity index (χ4v) is 5.46. The summed E-state index contributed by atoms with van der Waals surface area (Å²) in [7, 11) is -3.52. The van der Waals surface area contributed by atoms with Gasteiger partial charge >= 0.3 is 12.1 Å². The fourth-order valence-electron chi connectivity index (χ4n) is 2.47. The molecular weight excluding hydrogens is 466 g/mol. The van der Waals surface area contributed by atoms with Crippen LogP contribution in [0.2, 0.25) is 0 Å². The van der Waals surface area contributed by atoms with Gasteiger partial charge in [0.1, 0.15) is 27.7 Å². The number of amides is 2. The number of nitrogens with two attached hydrogens (primary N) is 2. The molecule has 2 amide bonds. The van der Waals surface area contributed by atoms with Gasteiger partial charge in [-0.15, -0.1) is 0 Å². The number of rotatable bonds is 9. The predicted octanol–water partition coefficient (Wildman–Crippen LogP) is 1.22. The Labute approximate surface area is 178 Å². The fraction of sp³-hybridized carbons (Fsp3) is 0.294. The molecule has 0 saturated carbocycles. The molecule has 31 heavy (non-hydrogen) atoms. The predicted molar refractivity (Wildman–Crippen MR) is 102 cm³/mol. The van der Waals surface area contributed by atoms with Crippen molar-refractivity contribution in [3.8, 4) is 0 Å². The molecule has 2 rings (SSSR count). The molecule has 0 saturated heterocycles. The molecule has 0 unspecified atom stereocenters. The Morgan fingerprint density at radius 1 is 1.23 bits per heavy atom. The first-order valence-electron chi connectivity index (χ1n) is 8.50. The van der Waals surface area contributed by atoms with Crippen LogP contribution in [0.15, 0.2) is 34.5 Å². The lowest BCUT2D eigenvalue weighted by Gasteiger charge is -2.22. The lowest BCUT2D eigenvalue weighted by atomic mass is 10.2. The number of primary amides is 2. The summed E-state index contributed by atoms with van der Waals surface area (Å²) < 4.78 is 82.2. The average molecular weight is 484 g/mol. The number of hydrogen-bond donors (Lipinski definition) is 2. The van der Waals surface area contributed by atoms with Gasteiger partial charge in [-0.1, -0.05) is 23.5 Å². The molecule has 0 aliphatic rings. The molecule has 8 nitrogen and oxygen atoms in total. The molecule has 1 aromatic heterocycles. The van der Waals surface area contributed by atoms with E-state index in [2.05, 4.69) is 4.74 Å². The van der Waals surface area contributed by atoms with Crippen LogP contribution in [0.25, 0.3) is 0 Å². The lowest BCUT2D eigenvalue weighted by Crippen LogP contribution is -2.82. The van der Waals surface area contributed by atoms with Gasteiger partial charge in [-0.05, 0) is 18.2 Å². The van der Waals surface area contributed by atoms with Gasteiger partial charge in [-0.3, -0.25) is 4.79 Å². The number of nitrogens with zero attached hydrogens (tertiary/aromatic N) is 1. The van der Waals surface area contributed by atoms with Crippen LogP contribution >= 0.6 is 11.3 Å². The monoisotopic (exact) mass is 484 g/mol. The summed E-state index contributed by atoms with van der Waals surface area (Å²) in [6.07, 6.45) is -4.83. The molecule has 4 N–H and O–H groups in total. The van der Waals surface area contributed by atoms with Crippen LogP contribution in [0.3, 0.4) is 0 Å². The molecule has 0 fully saturated rings. The SMILES string of the molecule is COCCN(CC(F)(F)F)S(=O)(=O)c1cc(C(N)=O)c([NH2+]C(=O)c2ccccc2F)s1. The Kier molecular flexibility index (Phi) is 7.88. The summed E-state index contributed by atoms with van der Waals surface area (Å²) in [4.78, 5) is 24.1. The molecule has 14 heteroatoms. The van der Waals surface area contributed by atoms with Crippen LogP contribution in [0.4, 0.5) is 22.6 Å². The second-order valence-electron chi connectivity index (χ2n) is 6.14. The van der Waals surface area contributed by atoms with Crippen molar-refractivity contribution in [2.75, 3.05) is 26.8 Å². The van der Waals surface area contributed by atoms with Crippen molar-refractivity contribution in [2.45, 2.75) is 10.4 Å². The average Bonchev–Trinajstić information content (AvgIpc) is 3.09. The van der Waals surface area contributed by atoms with Gasteiger partial charge in [-0.2, -0.15) is 17.5 Å². The van der Waals surface area contributed by atoms with Crippen LogP contribution in [0, 0.1) is 5.82 Å². The molecule has 0 bridgehead atoms. The van der Waals surface area contributed by atoms with E-state index in [1.54, 1.807) is 0 Å². The van der Waals surface area contributed by atoms with Crippen LogP contribution in [0.1, 0.15) is 20.7 Å². The van der Waals surface area contributed by atoms with Crippen LogP contribution in [0.5, 0.6) is 0 Å². The number of carbonyl (C=O) groups excluding carboxylic acids is 2. The third kappa shape index (κ3) is 6.30. The number of alkyl halides is 3. The quantitative estimate of drug-likeness (QED) is 0.518. The normalized spacial score (nSPS) is 12.3. The van der Waals surface area contributed by atoms with Crippen molar-refractivity contribution in [1.29, 1.82) is 0 Å². The Bertz CT molecular complexity index is 1070. The van der Waals surface area contributed by atoms with Crippen molar-refractivity contribution < 1.29 is 45.6 Å². The van der Waals surface area contributed by atoms with Gasteiger partial charge in [0.05, 0.1) is 6.61 Å². The Hall–Kier alpha value is -2.39. The minimum atomic E-state index is -4.83. The second-order valence-corrected chi connectivity index (χ2v) is 9.39. The minimum absolute atomic E-state index is 0.148. The van der Waals surface area contributed by atoms with E-state index in [1.165, 1.54) is 25.3 Å². The number of halogens is 4. The zero-order valence-corrected chi connectivity index (χ0v) is 17.6. The second kappa shape index (κ2) is 9.82. The Morgan fingerprint density at radius 2 is 1.87 bits per heavy atom. The summed E-state index contributed by atoms with van der Waals surface area (Å²) in [5, 5.41) is 0.587. The Morgan fingerprint density at radius 3 is 2.42 bits per heavy atom. The molecule has 1 heterocycles. The number of quaternary nitrogens is 1. The molecule has 1 aromatic carbocycles. The number of hydrogen-bond acceptors (Lipinski definition) is 6. The van der Waals surface area contributed by atoms with Crippen molar-refractivity contribution >= 4 is 38.2 Å². The number of thiophene rings is 1. The first kappa shape index (κ1) is 24.9. The van der Waals surface area contributed by atoms with Crippen LogP contribution in [-0.2, 0) is 14.8 Å². The lowest BCUT2D eigenvalue weighted by molar-refractivity contribution is -0.460. The maximum absolute atomic E-state index is 13.8. The highest BCUT2D eigenvalue weighted by Crippen LogP contribution is 2.31. The van der Waals surface area contributed by atoms with E-state index in [-0.39, 0.29) is 21.5 Å². The highest BCUT2D eigenvalue weighted by Gasteiger charge is 2.38. The highest BCUT2D eigenvalue weighted by molar-refractivity contribution is 7.91. The van der Waals surface area contributed by atoms with Gasteiger partial charge in [0, 0.05) is 13.7 Å². The van der Waals surface area contributed by atoms with Gasteiger partial charge in [0.15, 0.2) is 0 Å². The van der Waals surface area contributed by atoms with Gasteiger partial charge < -0.3 is 10.5 Å². The summed E-state index contributed by atoms with van der Waals surface area (Å²) in [5.41, 5.74) is 4.49. The van der Waals surface area contributed by atoms with E-state index >= 15 is 0 Å². The molecule has 0 atom stereocenters. The summed E-state index contributed by atoms with van der Waals surface area (Å²) >= 11 is 0.374. The molecular formula is C17H18F4N3O5S2+. The summed E-state index contributed by atoms with van der Waals surface area (Å²) in [6, 6.07) is 5.75. The molecule has 0 radical (unpaired) electrons. The van der Waals surface area contributed by atoms with Crippen molar-refractivity contribution in [3.05, 3.63) is 47.3 Å². The molecule has 0 spiro atoms. The van der Waals surface area contributed by atoms with E-state index in [1.807, 2.05) is 0 Å². The number of methoxy groups -OCH3 is 1. The van der Waals surface area contributed by atoms with E-state index in [4.69, 9.17) is 5.73 Å². The standard InChI is InChI=1S/C17H17F4N3O5S2/c1-29-7-6-24(9-17(19,20)21)31(27,28)13-8-11(14(22)25)16(30-13)23-15(26)10-4-2-3-5-12(10)18/h2-5,8H,6-7,9H2,1H3,(H2,22,25)(H,23,26)/p+1. The first-order valence-corrected chi connectivity index (χ1v) is 10.8. The van der Waals surface area contributed by atoms with Crippen molar-refractivity contribution in [1.82, 2.24) is 4.31 Å². The number of carbonyl (C=O) groups is 2. The van der Waals surface area contributed by atoms with E-state index in [0.717, 1.165) is 17.4 Å². The molecule has 170 valence electrons. The zero-order valence-electron chi connectivity index (χ0n) is 16.0. The van der Waals surface area contributed by atoms with E-state index in [9.17, 15) is 35.6 Å². The smallest absolute Gasteiger partial charge is 0.383 e. The number of ether oxygens (including phenoxy) is 1. The highest BCUT2D eigenvalue weighted by atomic mass is 32.2. The zero-order chi connectivity index (χ0) is 23.4.